The number of piperazine rings is 1. The lowest BCUT2D eigenvalue weighted by Crippen LogP contribution is -2.57. The largest absolute Gasteiger partial charge is 0.467 e. The molecule has 226 valence electrons. The quantitative estimate of drug-likeness (QED) is 0.165. The summed E-state index contributed by atoms with van der Waals surface area (Å²) in [5, 5.41) is 2.31. The van der Waals surface area contributed by atoms with Gasteiger partial charge in [0.2, 0.25) is 5.28 Å². The van der Waals surface area contributed by atoms with Crippen LogP contribution in [-0.4, -0.2) is 65.6 Å². The van der Waals surface area contributed by atoms with Crippen molar-refractivity contribution in [2.45, 2.75) is 58.2 Å². The van der Waals surface area contributed by atoms with Gasteiger partial charge in [-0.3, -0.25) is 4.90 Å². The zero-order chi connectivity index (χ0) is 30.6. The number of methoxy groups -OCH3 is 1. The SMILES string of the molecule is COCOc1cc(-c2c(Cl)cc3c(N4CC5CCC(C4)N5C(=O)OC(C)(C)C)nc(Cl)nc3c2F)c2ccccc2c1C. The highest BCUT2D eigenvalue weighted by Gasteiger charge is 2.45. The number of aryl methyl sites for hydroxylation is 1. The molecule has 2 unspecified atom stereocenters. The first-order valence-corrected chi connectivity index (χ1v) is 15.0. The molecule has 6 rings (SSSR count). The number of hydrogen-bond donors (Lipinski definition) is 0. The van der Waals surface area contributed by atoms with Crippen LogP contribution in [0.5, 0.6) is 5.75 Å². The normalized spacial score (nSPS) is 18.5. The van der Waals surface area contributed by atoms with E-state index in [1.807, 2.05) is 61.8 Å². The molecule has 8 nitrogen and oxygen atoms in total. The lowest BCUT2D eigenvalue weighted by atomic mass is 9.93. The van der Waals surface area contributed by atoms with Crippen molar-refractivity contribution in [1.29, 1.82) is 0 Å². The summed E-state index contributed by atoms with van der Waals surface area (Å²) in [7, 11) is 1.54. The molecule has 0 aliphatic carbocycles. The second kappa shape index (κ2) is 11.3. The highest BCUT2D eigenvalue weighted by molar-refractivity contribution is 6.35. The van der Waals surface area contributed by atoms with Gasteiger partial charge in [-0.15, -0.1) is 0 Å². The Morgan fingerprint density at radius 1 is 1.05 bits per heavy atom. The molecule has 1 amide bonds. The van der Waals surface area contributed by atoms with Gasteiger partial charge in [0.15, 0.2) is 12.6 Å². The highest BCUT2D eigenvalue weighted by Crippen LogP contribution is 2.44. The van der Waals surface area contributed by atoms with Crippen LogP contribution in [0.15, 0.2) is 36.4 Å². The molecule has 2 atom stereocenters. The van der Waals surface area contributed by atoms with Gasteiger partial charge in [-0.25, -0.2) is 14.2 Å². The lowest BCUT2D eigenvalue weighted by molar-refractivity contribution is 0.0123. The van der Waals surface area contributed by atoms with Gasteiger partial charge in [0.05, 0.1) is 17.1 Å². The second-order valence-corrected chi connectivity index (χ2v) is 12.8. The summed E-state index contributed by atoms with van der Waals surface area (Å²) in [6, 6.07) is 11.1. The molecule has 4 aromatic rings. The molecule has 0 radical (unpaired) electrons. The first kappa shape index (κ1) is 29.7. The molecule has 3 heterocycles. The maximum absolute atomic E-state index is 16.7. The molecule has 0 N–H and O–H groups in total. The fourth-order valence-corrected chi connectivity index (χ4v) is 6.76. The van der Waals surface area contributed by atoms with Crippen LogP contribution in [0.25, 0.3) is 32.8 Å². The molecule has 2 aliphatic rings. The predicted molar refractivity (Wildman–Crippen MR) is 167 cm³/mol. The average molecular weight is 628 g/mol. The van der Waals surface area contributed by atoms with Crippen LogP contribution in [0.2, 0.25) is 10.3 Å². The Hall–Kier alpha value is -3.40. The van der Waals surface area contributed by atoms with Gasteiger partial charge in [0, 0.05) is 31.1 Å². The Morgan fingerprint density at radius 2 is 1.72 bits per heavy atom. The van der Waals surface area contributed by atoms with E-state index in [1.165, 1.54) is 0 Å². The number of amides is 1. The maximum atomic E-state index is 16.7. The number of ether oxygens (including phenoxy) is 3. The first-order chi connectivity index (χ1) is 20.5. The van der Waals surface area contributed by atoms with E-state index in [9.17, 15) is 4.79 Å². The first-order valence-electron chi connectivity index (χ1n) is 14.2. The summed E-state index contributed by atoms with van der Waals surface area (Å²) in [4.78, 5) is 25.7. The number of carbonyl (C=O) groups is 1. The van der Waals surface area contributed by atoms with Crippen molar-refractivity contribution in [3.63, 3.8) is 0 Å². The molecule has 2 fully saturated rings. The third kappa shape index (κ3) is 5.43. The van der Waals surface area contributed by atoms with Crippen molar-refractivity contribution < 1.29 is 23.4 Å². The van der Waals surface area contributed by atoms with Crippen molar-refractivity contribution in [2.75, 3.05) is 31.9 Å². The van der Waals surface area contributed by atoms with Crippen molar-refractivity contribution >= 4 is 56.8 Å². The summed E-state index contributed by atoms with van der Waals surface area (Å²) < 4.78 is 33.3. The van der Waals surface area contributed by atoms with E-state index in [4.69, 9.17) is 37.4 Å². The Kier molecular flexibility index (Phi) is 7.77. The van der Waals surface area contributed by atoms with Crippen LogP contribution in [0.1, 0.15) is 39.2 Å². The fraction of sp³-hybridized carbons (Fsp3) is 0.406. The number of carbonyl (C=O) groups excluding carboxylic acids is 1. The van der Waals surface area contributed by atoms with Crippen LogP contribution >= 0.6 is 23.2 Å². The number of aromatic nitrogens is 2. The lowest BCUT2D eigenvalue weighted by Gasteiger charge is -2.42. The van der Waals surface area contributed by atoms with Crippen molar-refractivity contribution in [2.24, 2.45) is 0 Å². The van der Waals surface area contributed by atoms with Gasteiger partial charge in [-0.2, -0.15) is 4.98 Å². The molecule has 2 bridgehead atoms. The van der Waals surface area contributed by atoms with E-state index in [1.54, 1.807) is 19.2 Å². The predicted octanol–water partition coefficient (Wildman–Crippen LogP) is 7.78. The fourth-order valence-electron chi connectivity index (χ4n) is 6.30. The summed E-state index contributed by atoms with van der Waals surface area (Å²) in [5.41, 5.74) is 1.15. The van der Waals surface area contributed by atoms with E-state index < -0.39 is 11.4 Å². The molecule has 11 heteroatoms. The number of benzene rings is 3. The van der Waals surface area contributed by atoms with Gasteiger partial charge < -0.3 is 19.1 Å². The van der Waals surface area contributed by atoms with Crippen molar-refractivity contribution in [3.05, 3.63) is 58.1 Å². The minimum atomic E-state index is -0.602. The number of hydrogen-bond acceptors (Lipinski definition) is 7. The van der Waals surface area contributed by atoms with Crippen LogP contribution in [0.4, 0.5) is 15.0 Å². The van der Waals surface area contributed by atoms with E-state index in [2.05, 4.69) is 9.97 Å². The van der Waals surface area contributed by atoms with Crippen LogP contribution in [0, 0.1) is 12.7 Å². The maximum Gasteiger partial charge on any atom is 0.410 e. The summed E-state index contributed by atoms with van der Waals surface area (Å²) in [6.07, 6.45) is 1.36. The number of rotatable bonds is 5. The third-order valence-electron chi connectivity index (χ3n) is 8.09. The minimum absolute atomic E-state index is 0.0436. The standard InChI is InChI=1S/C32H33Cl2FN4O4/c1-17-20-8-6-7-9-21(20)22(13-25(17)42-16-41-5)26-24(33)12-23-28(27(26)35)36-30(34)37-29(23)38-14-18-10-11-19(15-38)39(18)31(40)43-32(2,3)4/h6-9,12-13,18-19H,10-11,14-16H2,1-5H3. The zero-order valence-corrected chi connectivity index (χ0v) is 26.2. The molecule has 2 saturated heterocycles. The van der Waals surface area contributed by atoms with Crippen LogP contribution in [-0.2, 0) is 9.47 Å². The van der Waals surface area contributed by atoms with Crippen molar-refractivity contribution in [1.82, 2.24) is 14.9 Å². The number of halogens is 3. The summed E-state index contributed by atoms with van der Waals surface area (Å²) >= 11 is 13.3. The monoisotopic (exact) mass is 626 g/mol. The molecule has 3 aromatic carbocycles. The van der Waals surface area contributed by atoms with E-state index in [-0.39, 0.29) is 46.4 Å². The average Bonchev–Trinajstić information content (AvgIpc) is 3.22. The second-order valence-electron chi connectivity index (χ2n) is 12.1. The van der Waals surface area contributed by atoms with Crippen LogP contribution in [0.3, 0.4) is 0 Å². The minimum Gasteiger partial charge on any atom is -0.467 e. The Balaban J connectivity index is 1.44. The topological polar surface area (TPSA) is 77.0 Å². The van der Waals surface area contributed by atoms with E-state index in [0.29, 0.717) is 35.6 Å². The molecule has 43 heavy (non-hydrogen) atoms. The molecule has 1 aromatic heterocycles. The summed E-state index contributed by atoms with van der Waals surface area (Å²) in [5.74, 6) is 0.446. The van der Waals surface area contributed by atoms with E-state index >= 15 is 4.39 Å². The molecule has 2 aliphatic heterocycles. The Labute approximate surface area is 259 Å². The molecule has 0 saturated carbocycles. The molecular formula is C32H33Cl2FN4O4. The summed E-state index contributed by atoms with van der Waals surface area (Å²) in [6.45, 7) is 8.57. The van der Waals surface area contributed by atoms with Gasteiger partial charge >= 0.3 is 6.09 Å². The van der Waals surface area contributed by atoms with Gasteiger partial charge in [0.25, 0.3) is 0 Å². The molecule has 0 spiro atoms. The highest BCUT2D eigenvalue weighted by atomic mass is 35.5. The number of nitrogens with zero attached hydrogens (tertiary/aromatic N) is 4. The van der Waals surface area contributed by atoms with Gasteiger partial charge in [0.1, 0.15) is 22.7 Å². The molecular weight excluding hydrogens is 594 g/mol. The number of fused-ring (bicyclic) bond motifs is 4. The van der Waals surface area contributed by atoms with Gasteiger partial charge in [-0.05, 0) is 86.2 Å². The smallest absolute Gasteiger partial charge is 0.410 e. The third-order valence-corrected chi connectivity index (χ3v) is 8.56. The zero-order valence-electron chi connectivity index (χ0n) is 24.7. The number of anilines is 1. The Morgan fingerprint density at radius 3 is 2.37 bits per heavy atom. The van der Waals surface area contributed by atoms with Crippen molar-refractivity contribution in [3.8, 4) is 16.9 Å². The Bertz CT molecular complexity index is 1730. The van der Waals surface area contributed by atoms with E-state index in [0.717, 1.165) is 29.2 Å². The van der Waals surface area contributed by atoms with Crippen LogP contribution < -0.4 is 9.64 Å². The van der Waals surface area contributed by atoms with Gasteiger partial charge in [-0.1, -0.05) is 35.9 Å².